The minimum Gasteiger partial charge on any atom is -0.467 e. The van der Waals surface area contributed by atoms with E-state index < -0.39 is 0 Å². The number of hydrogen-bond acceptors (Lipinski definition) is 4. The van der Waals surface area contributed by atoms with Crippen molar-refractivity contribution in [3.05, 3.63) is 46.5 Å². The Bertz CT molecular complexity index is 748. The summed E-state index contributed by atoms with van der Waals surface area (Å²) in [5.74, 6) is 0.721. The Morgan fingerprint density at radius 2 is 2.08 bits per heavy atom. The smallest absolute Gasteiger partial charge is 0.263 e. The van der Waals surface area contributed by atoms with Crippen LogP contribution >= 0.6 is 11.3 Å². The maximum absolute atomic E-state index is 13.0. The fourth-order valence-electron chi connectivity index (χ4n) is 4.51. The number of nitrogens with one attached hydrogen (secondary N) is 1. The van der Waals surface area contributed by atoms with E-state index in [4.69, 9.17) is 4.42 Å². The molecular formula is C20H24N2O3S. The molecule has 2 aliphatic rings. The molecule has 0 unspecified atom stereocenters. The highest BCUT2D eigenvalue weighted by Gasteiger charge is 2.51. The van der Waals surface area contributed by atoms with Crippen molar-refractivity contribution >= 4 is 23.2 Å². The quantitative estimate of drug-likeness (QED) is 0.890. The summed E-state index contributed by atoms with van der Waals surface area (Å²) in [7, 11) is 0. The minimum atomic E-state index is -0.137. The number of amides is 2. The fraction of sp³-hybridized carbons (Fsp3) is 0.500. The molecular weight excluding hydrogens is 348 g/mol. The van der Waals surface area contributed by atoms with Gasteiger partial charge in [-0.25, -0.2) is 0 Å². The number of nitrogens with zero attached hydrogens (tertiary/aromatic N) is 1. The predicted molar refractivity (Wildman–Crippen MR) is 99.8 cm³/mol. The predicted octanol–water partition coefficient (Wildman–Crippen LogP) is 3.68. The van der Waals surface area contributed by atoms with Crippen LogP contribution in [-0.2, 0) is 11.3 Å². The van der Waals surface area contributed by atoms with Crippen molar-refractivity contribution in [2.24, 2.45) is 11.3 Å². The van der Waals surface area contributed by atoms with Crippen molar-refractivity contribution in [1.82, 2.24) is 10.2 Å². The van der Waals surface area contributed by atoms with Gasteiger partial charge in [0, 0.05) is 18.5 Å². The van der Waals surface area contributed by atoms with E-state index in [1.54, 1.807) is 6.26 Å². The van der Waals surface area contributed by atoms with E-state index in [1.807, 2.05) is 34.5 Å². The summed E-state index contributed by atoms with van der Waals surface area (Å²) in [6, 6.07) is 7.45. The van der Waals surface area contributed by atoms with Crippen LogP contribution in [0.3, 0.4) is 0 Å². The molecule has 1 aliphatic carbocycles. The lowest BCUT2D eigenvalue weighted by Crippen LogP contribution is -2.42. The van der Waals surface area contributed by atoms with E-state index in [2.05, 4.69) is 5.32 Å². The summed E-state index contributed by atoms with van der Waals surface area (Å²) >= 11 is 1.47. The second-order valence-corrected chi connectivity index (χ2v) is 8.38. The second-order valence-electron chi connectivity index (χ2n) is 7.44. The number of rotatable bonds is 4. The van der Waals surface area contributed by atoms with Crippen molar-refractivity contribution in [2.75, 3.05) is 13.1 Å². The summed E-state index contributed by atoms with van der Waals surface area (Å²) in [5, 5.41) is 4.95. The highest BCUT2D eigenvalue weighted by molar-refractivity contribution is 7.12. The molecule has 26 heavy (non-hydrogen) atoms. The van der Waals surface area contributed by atoms with Gasteiger partial charge in [-0.2, -0.15) is 0 Å². The van der Waals surface area contributed by atoms with Gasteiger partial charge in [-0.3, -0.25) is 9.59 Å². The molecule has 0 radical (unpaired) electrons. The number of likely N-dealkylation sites (tertiary alicyclic amines) is 1. The van der Waals surface area contributed by atoms with Crippen molar-refractivity contribution in [3.8, 4) is 0 Å². The molecule has 1 saturated carbocycles. The van der Waals surface area contributed by atoms with Gasteiger partial charge in [-0.05, 0) is 36.4 Å². The summed E-state index contributed by atoms with van der Waals surface area (Å²) in [6.45, 7) is 1.61. The zero-order valence-corrected chi connectivity index (χ0v) is 15.6. The lowest BCUT2D eigenvalue weighted by molar-refractivity contribution is -0.128. The average Bonchev–Trinajstić information content (AvgIpc) is 3.41. The molecule has 1 saturated heterocycles. The van der Waals surface area contributed by atoms with E-state index in [0.717, 1.165) is 36.3 Å². The first kappa shape index (κ1) is 17.3. The molecule has 1 spiro atoms. The number of thiophene rings is 1. The summed E-state index contributed by atoms with van der Waals surface area (Å²) in [6.07, 6.45) is 7.18. The molecule has 0 bridgehead atoms. The van der Waals surface area contributed by atoms with Gasteiger partial charge < -0.3 is 14.6 Å². The summed E-state index contributed by atoms with van der Waals surface area (Å²) in [5.41, 5.74) is -0.0710. The Hall–Kier alpha value is -2.08. The standard InChI is InChI=1S/C20H24N2O3S/c23-18(21-12-15-6-4-10-25-15)16-13-22(19(24)17-7-5-11-26-17)14-20(16)8-2-1-3-9-20/h4-7,10-11,16H,1-3,8-9,12-14H2,(H,21,23)/t16-/m0/s1. The zero-order chi connectivity index (χ0) is 18.0. The van der Waals surface area contributed by atoms with Gasteiger partial charge in [0.2, 0.25) is 5.91 Å². The zero-order valence-electron chi connectivity index (χ0n) is 14.8. The molecule has 4 rings (SSSR count). The van der Waals surface area contributed by atoms with Crippen LogP contribution in [0.15, 0.2) is 40.3 Å². The summed E-state index contributed by atoms with van der Waals surface area (Å²) < 4.78 is 5.31. The van der Waals surface area contributed by atoms with Crippen molar-refractivity contribution in [3.63, 3.8) is 0 Å². The van der Waals surface area contributed by atoms with Gasteiger partial charge in [0.25, 0.3) is 5.91 Å². The molecule has 6 heteroatoms. The lowest BCUT2D eigenvalue weighted by Gasteiger charge is -2.37. The Balaban J connectivity index is 1.50. The van der Waals surface area contributed by atoms with Crippen molar-refractivity contribution < 1.29 is 14.0 Å². The van der Waals surface area contributed by atoms with Crippen molar-refractivity contribution in [2.45, 2.75) is 38.6 Å². The minimum absolute atomic E-state index is 0.0461. The first-order valence-corrected chi connectivity index (χ1v) is 10.2. The van der Waals surface area contributed by atoms with Crippen molar-refractivity contribution in [1.29, 1.82) is 0 Å². The Kier molecular flexibility index (Phi) is 4.85. The van der Waals surface area contributed by atoms with E-state index >= 15 is 0 Å². The topological polar surface area (TPSA) is 62.6 Å². The molecule has 2 aromatic rings. The molecule has 1 aliphatic heterocycles. The number of furan rings is 1. The lowest BCUT2D eigenvalue weighted by atomic mass is 9.67. The van der Waals surface area contributed by atoms with Gasteiger partial charge >= 0.3 is 0 Å². The molecule has 2 amide bonds. The first-order chi connectivity index (χ1) is 12.7. The van der Waals surface area contributed by atoms with Gasteiger partial charge in [-0.15, -0.1) is 11.3 Å². The molecule has 2 aromatic heterocycles. The van der Waals surface area contributed by atoms with Crippen LogP contribution in [0.25, 0.3) is 0 Å². The van der Waals surface area contributed by atoms with Crippen LogP contribution in [0.1, 0.15) is 47.5 Å². The number of hydrogen-bond donors (Lipinski definition) is 1. The maximum atomic E-state index is 13.0. The first-order valence-electron chi connectivity index (χ1n) is 9.31. The average molecular weight is 372 g/mol. The fourth-order valence-corrected chi connectivity index (χ4v) is 5.20. The number of carbonyl (C=O) groups is 2. The van der Waals surface area contributed by atoms with Crippen LogP contribution in [-0.4, -0.2) is 29.8 Å². The Labute approximate surface area is 157 Å². The highest BCUT2D eigenvalue weighted by Crippen LogP contribution is 2.48. The van der Waals surface area contributed by atoms with Crippen LogP contribution in [0, 0.1) is 11.3 Å². The van der Waals surface area contributed by atoms with Gasteiger partial charge in [0.1, 0.15) is 5.76 Å². The van der Waals surface area contributed by atoms with Crippen LogP contribution in [0.4, 0.5) is 0 Å². The molecule has 138 valence electrons. The van der Waals surface area contributed by atoms with Gasteiger partial charge in [0.05, 0.1) is 23.6 Å². The maximum Gasteiger partial charge on any atom is 0.263 e. The summed E-state index contributed by atoms with van der Waals surface area (Å²) in [4.78, 5) is 28.5. The molecule has 3 heterocycles. The number of carbonyl (C=O) groups excluding carboxylic acids is 2. The molecule has 1 atom stereocenters. The molecule has 2 fully saturated rings. The molecule has 5 nitrogen and oxygen atoms in total. The molecule has 0 aromatic carbocycles. The third kappa shape index (κ3) is 3.30. The van der Waals surface area contributed by atoms with Crippen LogP contribution < -0.4 is 5.32 Å². The monoisotopic (exact) mass is 372 g/mol. The third-order valence-electron chi connectivity index (χ3n) is 5.85. The van der Waals surface area contributed by atoms with Gasteiger partial charge in [-0.1, -0.05) is 25.3 Å². The highest BCUT2D eigenvalue weighted by atomic mass is 32.1. The van der Waals surface area contributed by atoms with E-state index in [9.17, 15) is 9.59 Å². The SMILES string of the molecule is O=C(NCc1ccco1)[C@@H]1CN(C(=O)c2cccs2)CC12CCCCC2. The van der Waals surface area contributed by atoms with Crippen LogP contribution in [0.5, 0.6) is 0 Å². The van der Waals surface area contributed by atoms with E-state index in [1.165, 1.54) is 17.8 Å². The Morgan fingerprint density at radius 3 is 2.77 bits per heavy atom. The van der Waals surface area contributed by atoms with E-state index in [-0.39, 0.29) is 23.1 Å². The second kappa shape index (κ2) is 7.27. The molecule has 1 N–H and O–H groups in total. The van der Waals surface area contributed by atoms with Crippen LogP contribution in [0.2, 0.25) is 0 Å². The van der Waals surface area contributed by atoms with Gasteiger partial charge in [0.15, 0.2) is 0 Å². The van der Waals surface area contributed by atoms with E-state index in [0.29, 0.717) is 19.6 Å². The third-order valence-corrected chi connectivity index (χ3v) is 6.71. The Morgan fingerprint density at radius 1 is 1.23 bits per heavy atom. The normalized spacial score (nSPS) is 21.8. The largest absolute Gasteiger partial charge is 0.467 e.